The fourth-order valence-electron chi connectivity index (χ4n) is 3.35. The summed E-state index contributed by atoms with van der Waals surface area (Å²) in [5, 5.41) is 11.0. The topological polar surface area (TPSA) is 51.1 Å². The van der Waals surface area contributed by atoms with Crippen LogP contribution in [0.15, 0.2) is 34.2 Å². The van der Waals surface area contributed by atoms with Crippen LogP contribution in [0.2, 0.25) is 0 Å². The van der Waals surface area contributed by atoms with Crippen molar-refractivity contribution < 1.29 is 14.6 Å². The second kappa shape index (κ2) is 5.09. The van der Waals surface area contributed by atoms with Gasteiger partial charge in [-0.1, -0.05) is 12.1 Å². The van der Waals surface area contributed by atoms with Gasteiger partial charge in [0.05, 0.1) is 24.6 Å². The van der Waals surface area contributed by atoms with Crippen LogP contribution in [-0.4, -0.2) is 41.2 Å². The third kappa shape index (κ3) is 2.42. The van der Waals surface area contributed by atoms with Gasteiger partial charge >= 0.3 is 0 Å². The molecule has 4 nitrogen and oxygen atoms in total. The zero-order chi connectivity index (χ0) is 14.3. The summed E-state index contributed by atoms with van der Waals surface area (Å²) >= 11 is 1.76. The van der Waals surface area contributed by atoms with E-state index in [1.54, 1.807) is 11.8 Å². The number of fused-ring (bicyclic) bond motifs is 1. The molecule has 1 saturated carbocycles. The quantitative estimate of drug-likeness (QED) is 0.867. The molecule has 3 aliphatic rings. The predicted octanol–water partition coefficient (Wildman–Crippen LogP) is 2.91. The van der Waals surface area contributed by atoms with E-state index >= 15 is 0 Å². The first-order chi connectivity index (χ1) is 10.2. The van der Waals surface area contributed by atoms with E-state index in [-0.39, 0.29) is 0 Å². The third-order valence-electron chi connectivity index (χ3n) is 4.67. The van der Waals surface area contributed by atoms with Gasteiger partial charge in [0.25, 0.3) is 0 Å². The second-order valence-corrected chi connectivity index (χ2v) is 6.97. The molecule has 1 aliphatic carbocycles. The van der Waals surface area contributed by atoms with E-state index in [1.165, 1.54) is 4.90 Å². The first-order valence-electron chi connectivity index (χ1n) is 7.49. The normalized spacial score (nSPS) is 26.4. The van der Waals surface area contributed by atoms with Crippen molar-refractivity contribution in [3.63, 3.8) is 0 Å². The number of aliphatic imine (C=N–C) groups is 1. The van der Waals surface area contributed by atoms with Gasteiger partial charge in [-0.2, -0.15) is 0 Å². The second-order valence-electron chi connectivity index (χ2n) is 5.95. The number of ether oxygens (including phenoxy) is 2. The molecular formula is C16H19NO3S. The number of aliphatic hydroxyl groups is 1. The van der Waals surface area contributed by atoms with E-state index in [2.05, 4.69) is 6.07 Å². The highest BCUT2D eigenvalue weighted by atomic mass is 32.2. The number of rotatable bonds is 1. The van der Waals surface area contributed by atoms with Gasteiger partial charge in [-0.15, -0.1) is 11.8 Å². The molecule has 0 atom stereocenters. The van der Waals surface area contributed by atoms with Gasteiger partial charge in [0.15, 0.2) is 5.79 Å². The van der Waals surface area contributed by atoms with Crippen molar-refractivity contribution >= 4 is 23.2 Å². The van der Waals surface area contributed by atoms with E-state index in [0.717, 1.165) is 30.0 Å². The molecule has 4 rings (SSSR count). The lowest BCUT2D eigenvalue weighted by Crippen LogP contribution is -2.49. The zero-order valence-electron chi connectivity index (χ0n) is 11.9. The van der Waals surface area contributed by atoms with Gasteiger partial charge in [0, 0.05) is 23.5 Å². The van der Waals surface area contributed by atoms with E-state index in [4.69, 9.17) is 14.5 Å². The van der Waals surface area contributed by atoms with Crippen molar-refractivity contribution in [2.24, 2.45) is 4.99 Å². The summed E-state index contributed by atoms with van der Waals surface area (Å²) in [4.78, 5) is 5.91. The highest BCUT2D eigenvalue weighted by molar-refractivity contribution is 8.00. The number of hydrogen-bond donors (Lipinski definition) is 1. The number of hydrogen-bond acceptors (Lipinski definition) is 5. The molecule has 1 aromatic carbocycles. The van der Waals surface area contributed by atoms with Gasteiger partial charge in [-0.25, -0.2) is 0 Å². The van der Waals surface area contributed by atoms with Gasteiger partial charge in [0.2, 0.25) is 0 Å². The molecule has 2 aliphatic heterocycles. The van der Waals surface area contributed by atoms with Crippen molar-refractivity contribution in [2.75, 3.05) is 19.0 Å². The minimum absolute atomic E-state index is 0.438. The van der Waals surface area contributed by atoms with Gasteiger partial charge in [0.1, 0.15) is 5.60 Å². The smallest absolute Gasteiger partial charge is 0.168 e. The monoisotopic (exact) mass is 305 g/mol. The summed E-state index contributed by atoms with van der Waals surface area (Å²) in [6.45, 7) is 1.34. The minimum atomic E-state index is -0.804. The highest BCUT2D eigenvalue weighted by Crippen LogP contribution is 2.44. The van der Waals surface area contributed by atoms with Crippen LogP contribution >= 0.6 is 11.8 Å². The summed E-state index contributed by atoms with van der Waals surface area (Å²) in [6, 6.07) is 8.12. The number of thioether (sulfide) groups is 1. The van der Waals surface area contributed by atoms with Crippen LogP contribution in [0.3, 0.4) is 0 Å². The third-order valence-corrected chi connectivity index (χ3v) is 5.75. The van der Waals surface area contributed by atoms with E-state index < -0.39 is 11.4 Å². The Bertz CT molecular complexity index is 571. The summed E-state index contributed by atoms with van der Waals surface area (Å²) < 4.78 is 11.5. The molecule has 2 heterocycles. The molecule has 0 aromatic heterocycles. The molecule has 1 aromatic rings. The Morgan fingerprint density at radius 1 is 1.05 bits per heavy atom. The van der Waals surface area contributed by atoms with E-state index in [1.807, 2.05) is 18.2 Å². The molecule has 1 saturated heterocycles. The number of para-hydroxylation sites is 1. The fourth-order valence-corrected chi connectivity index (χ4v) is 4.41. The zero-order valence-corrected chi connectivity index (χ0v) is 12.7. The molecule has 21 heavy (non-hydrogen) atoms. The maximum Gasteiger partial charge on any atom is 0.168 e. The summed E-state index contributed by atoms with van der Waals surface area (Å²) in [7, 11) is 0. The summed E-state index contributed by atoms with van der Waals surface area (Å²) in [5.74, 6) is 0.328. The first kappa shape index (κ1) is 13.8. The molecule has 0 radical (unpaired) electrons. The van der Waals surface area contributed by atoms with Crippen LogP contribution in [0.1, 0.15) is 25.7 Å². The van der Waals surface area contributed by atoms with Crippen molar-refractivity contribution in [3.8, 4) is 0 Å². The fraction of sp³-hybridized carbons (Fsp3) is 0.562. The lowest BCUT2D eigenvalue weighted by molar-refractivity contribution is -0.193. The van der Waals surface area contributed by atoms with Crippen molar-refractivity contribution in [2.45, 2.75) is 42.0 Å². The van der Waals surface area contributed by atoms with Crippen molar-refractivity contribution in [1.82, 2.24) is 0 Å². The Morgan fingerprint density at radius 2 is 1.76 bits per heavy atom. The van der Waals surface area contributed by atoms with Crippen LogP contribution in [0.4, 0.5) is 5.69 Å². The van der Waals surface area contributed by atoms with Gasteiger partial charge in [-0.3, -0.25) is 4.99 Å². The average Bonchev–Trinajstić information content (AvgIpc) is 2.99. The molecule has 0 amide bonds. The lowest BCUT2D eigenvalue weighted by Gasteiger charge is -2.41. The standard InChI is InChI=1S/C16H19NO3S/c18-15(5-7-16(8-6-15)19-9-10-20-16)14-11-21-13-4-2-1-3-12(13)17-14/h1-4,18H,5-11H2. The van der Waals surface area contributed by atoms with Crippen LogP contribution in [0.25, 0.3) is 0 Å². The van der Waals surface area contributed by atoms with Crippen molar-refractivity contribution in [3.05, 3.63) is 24.3 Å². The lowest BCUT2D eigenvalue weighted by atomic mass is 9.78. The molecule has 2 fully saturated rings. The van der Waals surface area contributed by atoms with Gasteiger partial charge < -0.3 is 14.6 Å². The highest BCUT2D eigenvalue weighted by Gasteiger charge is 2.47. The van der Waals surface area contributed by atoms with Crippen molar-refractivity contribution in [1.29, 1.82) is 0 Å². The SMILES string of the molecule is OC1(C2=Nc3ccccc3SC2)CCC2(CC1)OCCO2. The molecule has 0 bridgehead atoms. The average molecular weight is 305 g/mol. The molecule has 112 valence electrons. The van der Waals surface area contributed by atoms with E-state index in [0.29, 0.717) is 26.1 Å². The molecule has 1 spiro atoms. The molecule has 0 unspecified atom stereocenters. The molecule has 1 N–H and O–H groups in total. The Hall–Kier alpha value is -0.880. The molecule has 5 heteroatoms. The van der Waals surface area contributed by atoms with Crippen LogP contribution < -0.4 is 0 Å². The van der Waals surface area contributed by atoms with Gasteiger partial charge in [-0.05, 0) is 25.0 Å². The van der Waals surface area contributed by atoms with Crippen LogP contribution in [0.5, 0.6) is 0 Å². The number of benzene rings is 1. The van der Waals surface area contributed by atoms with Crippen LogP contribution in [0, 0.1) is 0 Å². The first-order valence-corrected chi connectivity index (χ1v) is 8.48. The predicted molar refractivity (Wildman–Crippen MR) is 82.3 cm³/mol. The molecular weight excluding hydrogens is 286 g/mol. The maximum atomic E-state index is 11.0. The Balaban J connectivity index is 1.56. The number of nitrogens with zero attached hydrogens (tertiary/aromatic N) is 1. The Morgan fingerprint density at radius 3 is 2.52 bits per heavy atom. The summed E-state index contributed by atoms with van der Waals surface area (Å²) in [6.07, 6.45) is 2.81. The Labute approximate surface area is 128 Å². The largest absolute Gasteiger partial charge is 0.384 e. The van der Waals surface area contributed by atoms with Crippen LogP contribution in [-0.2, 0) is 9.47 Å². The minimum Gasteiger partial charge on any atom is -0.384 e. The summed E-state index contributed by atoms with van der Waals surface area (Å²) in [5.41, 5.74) is 1.08. The maximum absolute atomic E-state index is 11.0. The van der Waals surface area contributed by atoms with E-state index in [9.17, 15) is 5.11 Å². The Kier molecular flexibility index (Phi) is 3.34.